The van der Waals surface area contributed by atoms with Gasteiger partial charge in [-0.1, -0.05) is 72.5 Å². The second-order valence-corrected chi connectivity index (χ2v) is 6.84. The SMILES string of the molecule is CC(c1ccccc1)N1C(=O)C(=Cc2ccccc2F)SC1=S. The van der Waals surface area contributed by atoms with E-state index in [1.165, 1.54) is 17.8 Å². The molecule has 0 bridgehead atoms. The van der Waals surface area contributed by atoms with Gasteiger partial charge in [-0.2, -0.15) is 0 Å². The van der Waals surface area contributed by atoms with Crippen LogP contribution in [-0.2, 0) is 4.79 Å². The lowest BCUT2D eigenvalue weighted by Gasteiger charge is -2.23. The van der Waals surface area contributed by atoms with Gasteiger partial charge in [0.15, 0.2) is 0 Å². The van der Waals surface area contributed by atoms with E-state index in [0.29, 0.717) is 14.8 Å². The summed E-state index contributed by atoms with van der Waals surface area (Å²) in [6.07, 6.45) is 1.56. The Labute approximate surface area is 144 Å². The lowest BCUT2D eigenvalue weighted by Crippen LogP contribution is -2.30. The maximum absolute atomic E-state index is 13.8. The first-order valence-corrected chi connectivity index (χ1v) is 8.37. The molecule has 1 aliphatic heterocycles. The van der Waals surface area contributed by atoms with Gasteiger partial charge < -0.3 is 0 Å². The van der Waals surface area contributed by atoms with Crippen LogP contribution >= 0.6 is 24.0 Å². The summed E-state index contributed by atoms with van der Waals surface area (Å²) < 4.78 is 14.3. The van der Waals surface area contributed by atoms with E-state index in [-0.39, 0.29) is 17.8 Å². The van der Waals surface area contributed by atoms with Gasteiger partial charge in [0.05, 0.1) is 10.9 Å². The van der Waals surface area contributed by atoms with Gasteiger partial charge in [-0.05, 0) is 24.6 Å². The van der Waals surface area contributed by atoms with Gasteiger partial charge in [0.25, 0.3) is 5.91 Å². The minimum absolute atomic E-state index is 0.157. The fourth-order valence-corrected chi connectivity index (χ4v) is 3.84. The van der Waals surface area contributed by atoms with Crippen LogP contribution < -0.4 is 0 Å². The molecule has 2 aromatic carbocycles. The van der Waals surface area contributed by atoms with E-state index in [0.717, 1.165) is 5.56 Å². The van der Waals surface area contributed by atoms with Crippen molar-refractivity contribution in [1.82, 2.24) is 4.90 Å². The molecule has 23 heavy (non-hydrogen) atoms. The summed E-state index contributed by atoms with van der Waals surface area (Å²) >= 11 is 6.56. The van der Waals surface area contributed by atoms with Crippen LogP contribution in [0.25, 0.3) is 6.08 Å². The first-order chi connectivity index (χ1) is 11.1. The zero-order chi connectivity index (χ0) is 16.4. The minimum atomic E-state index is -0.353. The van der Waals surface area contributed by atoms with Gasteiger partial charge in [0.2, 0.25) is 0 Å². The van der Waals surface area contributed by atoms with Crippen LogP contribution in [0, 0.1) is 5.82 Å². The molecule has 0 N–H and O–H groups in total. The molecule has 1 aliphatic rings. The van der Waals surface area contributed by atoms with Crippen molar-refractivity contribution in [2.75, 3.05) is 0 Å². The third-order valence-electron chi connectivity index (χ3n) is 3.68. The van der Waals surface area contributed by atoms with Gasteiger partial charge in [-0.25, -0.2) is 4.39 Å². The summed E-state index contributed by atoms with van der Waals surface area (Å²) in [5.41, 5.74) is 1.40. The van der Waals surface area contributed by atoms with Crippen LogP contribution in [-0.4, -0.2) is 15.1 Å². The quantitative estimate of drug-likeness (QED) is 0.590. The van der Waals surface area contributed by atoms with E-state index < -0.39 is 0 Å². The van der Waals surface area contributed by atoms with Crippen molar-refractivity contribution in [2.45, 2.75) is 13.0 Å². The van der Waals surface area contributed by atoms with E-state index in [9.17, 15) is 9.18 Å². The van der Waals surface area contributed by atoms with Crippen molar-refractivity contribution < 1.29 is 9.18 Å². The topological polar surface area (TPSA) is 20.3 Å². The minimum Gasteiger partial charge on any atom is -0.286 e. The number of rotatable bonds is 3. The number of amides is 1. The van der Waals surface area contributed by atoms with E-state index in [1.54, 1.807) is 29.2 Å². The molecule has 5 heteroatoms. The largest absolute Gasteiger partial charge is 0.286 e. The van der Waals surface area contributed by atoms with Gasteiger partial charge in [0.1, 0.15) is 10.1 Å². The molecule has 1 unspecified atom stereocenters. The van der Waals surface area contributed by atoms with Crippen LogP contribution in [0.5, 0.6) is 0 Å². The smallest absolute Gasteiger partial charge is 0.266 e. The molecule has 0 spiro atoms. The summed E-state index contributed by atoms with van der Waals surface area (Å²) in [6.45, 7) is 1.94. The summed E-state index contributed by atoms with van der Waals surface area (Å²) in [4.78, 5) is 14.7. The summed E-state index contributed by atoms with van der Waals surface area (Å²) in [6, 6.07) is 15.9. The summed E-state index contributed by atoms with van der Waals surface area (Å²) in [5, 5.41) is 0. The zero-order valence-corrected chi connectivity index (χ0v) is 14.0. The van der Waals surface area contributed by atoms with Gasteiger partial charge in [0, 0.05) is 5.56 Å². The maximum Gasteiger partial charge on any atom is 0.266 e. The lowest BCUT2D eigenvalue weighted by molar-refractivity contribution is -0.123. The number of benzene rings is 2. The number of thiocarbonyl (C=S) groups is 1. The highest BCUT2D eigenvalue weighted by Crippen LogP contribution is 2.38. The second-order valence-electron chi connectivity index (χ2n) is 5.16. The molecule has 0 radical (unpaired) electrons. The average molecular weight is 343 g/mol. The molecule has 0 aliphatic carbocycles. The van der Waals surface area contributed by atoms with E-state index in [1.807, 2.05) is 37.3 Å². The number of hydrogen-bond donors (Lipinski definition) is 0. The number of hydrogen-bond acceptors (Lipinski definition) is 3. The molecule has 3 rings (SSSR count). The van der Waals surface area contributed by atoms with Crippen LogP contribution in [0.15, 0.2) is 59.5 Å². The van der Waals surface area contributed by atoms with Gasteiger partial charge in [-0.15, -0.1) is 0 Å². The molecule has 0 saturated carbocycles. The Morgan fingerprint density at radius 2 is 1.78 bits per heavy atom. The Bertz CT molecular complexity index is 789. The van der Waals surface area contributed by atoms with Crippen molar-refractivity contribution in [2.24, 2.45) is 0 Å². The third kappa shape index (κ3) is 3.21. The standard InChI is InChI=1S/C18H14FNOS2/c1-12(13-7-3-2-4-8-13)20-17(21)16(23-18(20)22)11-14-9-5-6-10-15(14)19/h2-12H,1H3. The molecule has 1 heterocycles. The first-order valence-electron chi connectivity index (χ1n) is 7.14. The summed E-state index contributed by atoms with van der Waals surface area (Å²) in [7, 11) is 0. The Kier molecular flexibility index (Phi) is 4.59. The lowest BCUT2D eigenvalue weighted by atomic mass is 10.1. The van der Waals surface area contributed by atoms with Crippen molar-refractivity contribution in [3.8, 4) is 0 Å². The molecular formula is C18H14FNOS2. The maximum atomic E-state index is 13.8. The van der Waals surface area contributed by atoms with Crippen LogP contribution in [0.3, 0.4) is 0 Å². The van der Waals surface area contributed by atoms with Gasteiger partial charge >= 0.3 is 0 Å². The van der Waals surface area contributed by atoms with Crippen molar-refractivity contribution in [3.05, 3.63) is 76.4 Å². The fourth-order valence-electron chi connectivity index (χ4n) is 2.43. The molecule has 0 aromatic heterocycles. The predicted octanol–water partition coefficient (Wildman–Crippen LogP) is 4.79. The number of nitrogens with zero attached hydrogens (tertiary/aromatic N) is 1. The zero-order valence-electron chi connectivity index (χ0n) is 12.4. The predicted molar refractivity (Wildman–Crippen MR) is 96.3 cm³/mol. The average Bonchev–Trinajstić information content (AvgIpc) is 2.84. The van der Waals surface area contributed by atoms with Crippen LogP contribution in [0.2, 0.25) is 0 Å². The highest BCUT2D eigenvalue weighted by atomic mass is 32.2. The highest BCUT2D eigenvalue weighted by Gasteiger charge is 2.35. The fraction of sp³-hybridized carbons (Fsp3) is 0.111. The molecule has 1 saturated heterocycles. The van der Waals surface area contributed by atoms with Crippen LogP contribution in [0.4, 0.5) is 4.39 Å². The second kappa shape index (κ2) is 6.64. The number of thioether (sulfide) groups is 1. The number of carbonyl (C=O) groups excluding carboxylic acids is 1. The Morgan fingerprint density at radius 3 is 2.48 bits per heavy atom. The first kappa shape index (κ1) is 15.9. The number of halogens is 1. The molecular weight excluding hydrogens is 329 g/mol. The van der Waals surface area contributed by atoms with Crippen LogP contribution in [0.1, 0.15) is 24.1 Å². The third-order valence-corrected chi connectivity index (χ3v) is 5.02. The molecule has 2 nitrogen and oxygen atoms in total. The molecule has 1 amide bonds. The van der Waals surface area contributed by atoms with E-state index >= 15 is 0 Å². The van der Waals surface area contributed by atoms with E-state index in [4.69, 9.17) is 12.2 Å². The van der Waals surface area contributed by atoms with Gasteiger partial charge in [-0.3, -0.25) is 9.69 Å². The molecule has 2 aromatic rings. The monoisotopic (exact) mass is 343 g/mol. The normalized spacial score (nSPS) is 17.8. The van der Waals surface area contributed by atoms with Crippen molar-refractivity contribution in [3.63, 3.8) is 0 Å². The Balaban J connectivity index is 1.90. The van der Waals surface area contributed by atoms with Crippen molar-refractivity contribution >= 4 is 40.3 Å². The summed E-state index contributed by atoms with van der Waals surface area (Å²) in [5.74, 6) is -0.534. The Morgan fingerprint density at radius 1 is 1.13 bits per heavy atom. The molecule has 1 fully saturated rings. The highest BCUT2D eigenvalue weighted by molar-refractivity contribution is 8.26. The Hall–Kier alpha value is -1.98. The number of carbonyl (C=O) groups is 1. The van der Waals surface area contributed by atoms with Crippen molar-refractivity contribution in [1.29, 1.82) is 0 Å². The molecule has 1 atom stereocenters. The molecule has 116 valence electrons. The van der Waals surface area contributed by atoms with E-state index in [2.05, 4.69) is 0 Å².